The molecule has 2 amide bonds. The molecule has 1 N–H and O–H groups in total. The molecule has 3 aromatic carbocycles. The highest BCUT2D eigenvalue weighted by atomic mass is 79.9. The topological polar surface area (TPSA) is 90.0 Å². The number of para-hydroxylation sites is 1. The van der Waals surface area contributed by atoms with Gasteiger partial charge in [-0.2, -0.15) is 12.7 Å². The summed E-state index contributed by atoms with van der Waals surface area (Å²) in [4.78, 5) is 29.6. The van der Waals surface area contributed by atoms with E-state index in [-0.39, 0.29) is 30.6 Å². The van der Waals surface area contributed by atoms with E-state index in [0.29, 0.717) is 0 Å². The number of halogens is 2. The highest BCUT2D eigenvalue weighted by molar-refractivity contribution is 9.10. The van der Waals surface area contributed by atoms with Crippen LogP contribution in [0.3, 0.4) is 0 Å². The number of nitrogens with zero attached hydrogens (tertiary/aromatic N) is 3. The van der Waals surface area contributed by atoms with Crippen molar-refractivity contribution in [2.45, 2.75) is 50.7 Å². The van der Waals surface area contributed by atoms with E-state index in [0.717, 1.165) is 56.0 Å². The number of amides is 2. The predicted molar refractivity (Wildman–Crippen MR) is 165 cm³/mol. The van der Waals surface area contributed by atoms with Crippen LogP contribution in [0.2, 0.25) is 0 Å². The number of carbonyl (C=O) groups is 2. The van der Waals surface area contributed by atoms with Gasteiger partial charge in [-0.05, 0) is 48.2 Å². The second-order valence-corrected chi connectivity index (χ2v) is 13.6. The molecule has 0 aliphatic heterocycles. The Morgan fingerprint density at radius 1 is 0.929 bits per heavy atom. The summed E-state index contributed by atoms with van der Waals surface area (Å²) in [5.41, 5.74) is 1.36. The lowest BCUT2D eigenvalue weighted by Gasteiger charge is -2.35. The quantitative estimate of drug-likeness (QED) is 0.300. The van der Waals surface area contributed by atoms with Crippen molar-refractivity contribution in [2.75, 3.05) is 24.9 Å². The number of rotatable bonds is 12. The lowest BCUT2D eigenvalue weighted by atomic mass is 10.0. The Morgan fingerprint density at radius 3 is 2.17 bits per heavy atom. The molecule has 0 aromatic heterocycles. The molecule has 224 valence electrons. The van der Waals surface area contributed by atoms with E-state index in [1.54, 1.807) is 0 Å². The molecule has 1 atom stereocenters. The van der Waals surface area contributed by atoms with E-state index in [9.17, 15) is 22.4 Å². The van der Waals surface area contributed by atoms with Crippen LogP contribution in [0.15, 0.2) is 83.3 Å². The zero-order valence-corrected chi connectivity index (χ0v) is 26.2. The van der Waals surface area contributed by atoms with Gasteiger partial charge in [-0.15, -0.1) is 0 Å². The lowest BCUT2D eigenvalue weighted by molar-refractivity contribution is -0.140. The molecule has 0 bridgehead atoms. The summed E-state index contributed by atoms with van der Waals surface area (Å²) < 4.78 is 44.3. The van der Waals surface area contributed by atoms with Gasteiger partial charge >= 0.3 is 10.2 Å². The van der Waals surface area contributed by atoms with E-state index >= 15 is 0 Å². The zero-order valence-electron chi connectivity index (χ0n) is 23.7. The number of hydrogen-bond acceptors (Lipinski definition) is 4. The fourth-order valence-electron chi connectivity index (χ4n) is 5.06. The van der Waals surface area contributed by atoms with E-state index in [2.05, 4.69) is 21.2 Å². The largest absolute Gasteiger partial charge is 0.352 e. The van der Waals surface area contributed by atoms with Crippen LogP contribution in [0.5, 0.6) is 0 Å². The molecular weight excluding hydrogens is 623 g/mol. The second-order valence-electron chi connectivity index (χ2n) is 10.6. The van der Waals surface area contributed by atoms with Crippen molar-refractivity contribution in [3.8, 4) is 0 Å². The van der Waals surface area contributed by atoms with Crippen LogP contribution in [-0.2, 0) is 32.8 Å². The maximum Gasteiger partial charge on any atom is 0.304 e. The predicted octanol–water partition coefficient (Wildman–Crippen LogP) is 4.90. The normalized spacial score (nSPS) is 14.5. The standard InChI is InChI=1S/C31H36BrFN4O4S/c1-35(2)42(40,41)37(28-15-9-8-14-27(28)33)22-30(38)36(21-24-16-18-25(32)19-17-24)29(20-23-10-4-3-5-11-23)31(39)34-26-12-6-7-13-26/h3-5,8-11,14-19,26,29H,6-7,12-13,20-22H2,1-2H3,(H,34,39)/t29-/m0/s1. The SMILES string of the molecule is CN(C)S(=O)(=O)N(CC(=O)N(Cc1ccc(Br)cc1)[C@@H](Cc1ccccc1)C(=O)NC1CCCC1)c1ccccc1F. The number of carbonyl (C=O) groups excluding carboxylic acids is 2. The fraction of sp³-hybridized carbons (Fsp3) is 0.355. The molecule has 0 unspecified atom stereocenters. The average Bonchev–Trinajstić information content (AvgIpc) is 3.48. The van der Waals surface area contributed by atoms with Gasteiger partial charge < -0.3 is 10.2 Å². The van der Waals surface area contributed by atoms with Crippen molar-refractivity contribution in [2.24, 2.45) is 0 Å². The van der Waals surface area contributed by atoms with Gasteiger partial charge in [-0.3, -0.25) is 9.59 Å². The van der Waals surface area contributed by atoms with Crippen molar-refractivity contribution >= 4 is 43.6 Å². The Hall–Kier alpha value is -3.28. The van der Waals surface area contributed by atoms with Gasteiger partial charge in [0.1, 0.15) is 18.4 Å². The Kier molecular flexibility index (Phi) is 10.7. The molecule has 8 nitrogen and oxygen atoms in total. The summed E-state index contributed by atoms with van der Waals surface area (Å²) in [6.07, 6.45) is 4.01. The second kappa shape index (κ2) is 14.3. The molecule has 0 spiro atoms. The molecule has 1 saturated carbocycles. The van der Waals surface area contributed by atoms with Crippen LogP contribution in [0.1, 0.15) is 36.8 Å². The Balaban J connectivity index is 1.76. The smallest absolute Gasteiger partial charge is 0.304 e. The van der Waals surface area contributed by atoms with E-state index < -0.39 is 34.5 Å². The van der Waals surface area contributed by atoms with Crippen LogP contribution in [-0.4, -0.2) is 62.2 Å². The maximum absolute atomic E-state index is 15.0. The number of benzene rings is 3. The molecule has 4 rings (SSSR count). The van der Waals surface area contributed by atoms with Crippen molar-refractivity contribution in [3.63, 3.8) is 0 Å². The maximum atomic E-state index is 15.0. The van der Waals surface area contributed by atoms with E-state index in [1.807, 2.05) is 54.6 Å². The average molecular weight is 660 g/mol. The van der Waals surface area contributed by atoms with Gasteiger partial charge in [0.15, 0.2) is 0 Å². The summed E-state index contributed by atoms with van der Waals surface area (Å²) >= 11 is 3.43. The molecule has 42 heavy (non-hydrogen) atoms. The monoisotopic (exact) mass is 658 g/mol. The molecule has 0 saturated heterocycles. The molecule has 1 aliphatic rings. The Morgan fingerprint density at radius 2 is 1.55 bits per heavy atom. The van der Waals surface area contributed by atoms with Crippen molar-refractivity contribution < 1.29 is 22.4 Å². The molecule has 1 aliphatic carbocycles. The highest BCUT2D eigenvalue weighted by Gasteiger charge is 2.36. The third-order valence-electron chi connectivity index (χ3n) is 7.38. The van der Waals surface area contributed by atoms with Crippen LogP contribution in [0, 0.1) is 5.82 Å². The number of hydrogen-bond donors (Lipinski definition) is 1. The van der Waals surface area contributed by atoms with Crippen LogP contribution in [0.25, 0.3) is 0 Å². The van der Waals surface area contributed by atoms with Crippen molar-refractivity contribution in [3.05, 3.63) is 100 Å². The summed E-state index contributed by atoms with van der Waals surface area (Å²) in [7, 11) is -1.63. The fourth-order valence-corrected chi connectivity index (χ4v) is 6.39. The first-order valence-electron chi connectivity index (χ1n) is 13.9. The van der Waals surface area contributed by atoms with Crippen LogP contribution < -0.4 is 9.62 Å². The van der Waals surface area contributed by atoms with E-state index in [1.165, 1.54) is 37.2 Å². The molecule has 11 heteroatoms. The molecule has 1 fully saturated rings. The molecule has 0 radical (unpaired) electrons. The molecule has 0 heterocycles. The van der Waals surface area contributed by atoms with Gasteiger partial charge in [0, 0.05) is 37.6 Å². The molecular formula is C31H36BrFN4O4S. The van der Waals surface area contributed by atoms with Crippen LogP contribution >= 0.6 is 15.9 Å². The third-order valence-corrected chi connectivity index (χ3v) is 9.71. The summed E-state index contributed by atoms with van der Waals surface area (Å²) in [6, 6.07) is 21.2. The van der Waals surface area contributed by atoms with E-state index in [4.69, 9.17) is 0 Å². The minimum Gasteiger partial charge on any atom is -0.352 e. The van der Waals surface area contributed by atoms with Gasteiger partial charge in [-0.1, -0.05) is 83.4 Å². The van der Waals surface area contributed by atoms with Gasteiger partial charge in [-0.25, -0.2) is 8.70 Å². The summed E-state index contributed by atoms with van der Waals surface area (Å²) in [6.45, 7) is -0.644. The minimum atomic E-state index is -4.27. The summed E-state index contributed by atoms with van der Waals surface area (Å²) in [5, 5.41) is 3.13. The van der Waals surface area contributed by atoms with Crippen molar-refractivity contribution in [1.82, 2.24) is 14.5 Å². The zero-order chi connectivity index (χ0) is 30.3. The number of anilines is 1. The minimum absolute atomic E-state index is 0.0180. The Bertz CT molecular complexity index is 1470. The Labute approximate surface area is 255 Å². The highest BCUT2D eigenvalue weighted by Crippen LogP contribution is 2.25. The van der Waals surface area contributed by atoms with Crippen LogP contribution in [0.4, 0.5) is 10.1 Å². The molecule has 3 aromatic rings. The third kappa shape index (κ3) is 7.96. The van der Waals surface area contributed by atoms with Gasteiger partial charge in [0.2, 0.25) is 11.8 Å². The van der Waals surface area contributed by atoms with Crippen molar-refractivity contribution in [1.29, 1.82) is 0 Å². The number of nitrogens with one attached hydrogen (secondary N) is 1. The first-order chi connectivity index (χ1) is 20.1. The lowest BCUT2D eigenvalue weighted by Crippen LogP contribution is -2.55. The van der Waals surface area contributed by atoms with Gasteiger partial charge in [0.05, 0.1) is 5.69 Å². The first-order valence-corrected chi connectivity index (χ1v) is 16.1. The van der Waals surface area contributed by atoms with Gasteiger partial charge in [0.25, 0.3) is 0 Å². The summed E-state index contributed by atoms with van der Waals surface area (Å²) in [5.74, 6) is -1.71. The first kappa shape index (κ1) is 31.7.